The summed E-state index contributed by atoms with van der Waals surface area (Å²) in [5.41, 5.74) is 0.861. The van der Waals surface area contributed by atoms with E-state index in [0.717, 1.165) is 48.5 Å². The van der Waals surface area contributed by atoms with Crippen LogP contribution in [0.3, 0.4) is 0 Å². The van der Waals surface area contributed by atoms with E-state index in [9.17, 15) is 0 Å². The van der Waals surface area contributed by atoms with Gasteiger partial charge >= 0.3 is 0 Å². The Kier molecular flexibility index (Phi) is 4.12. The largest absolute Gasteiger partial charge is 0.381 e. The first kappa shape index (κ1) is 14.1. The van der Waals surface area contributed by atoms with Crippen molar-refractivity contribution in [3.8, 4) is 0 Å². The first-order chi connectivity index (χ1) is 9.72. The van der Waals surface area contributed by atoms with Crippen molar-refractivity contribution in [2.45, 2.75) is 18.4 Å². The fourth-order valence-electron chi connectivity index (χ4n) is 2.52. The van der Waals surface area contributed by atoms with Crippen LogP contribution in [0.1, 0.15) is 12.8 Å². The molecule has 0 aromatic carbocycles. The fourth-order valence-corrected chi connectivity index (χ4v) is 3.55. The maximum atomic E-state index is 6.08. The second-order valence-electron chi connectivity index (χ2n) is 4.99. The van der Waals surface area contributed by atoms with Crippen molar-refractivity contribution < 1.29 is 9.47 Å². The zero-order chi connectivity index (χ0) is 14.0. The van der Waals surface area contributed by atoms with Gasteiger partial charge in [0.25, 0.3) is 0 Å². The van der Waals surface area contributed by atoms with E-state index in [1.165, 1.54) is 0 Å². The van der Waals surface area contributed by atoms with E-state index >= 15 is 0 Å². The van der Waals surface area contributed by atoms with Crippen LogP contribution in [0.4, 0.5) is 5.69 Å². The lowest BCUT2D eigenvalue weighted by Crippen LogP contribution is -2.44. The van der Waals surface area contributed by atoms with E-state index in [1.807, 2.05) is 11.4 Å². The van der Waals surface area contributed by atoms with Crippen LogP contribution in [0.2, 0.25) is 5.15 Å². The Morgan fingerprint density at radius 2 is 2.30 bits per heavy atom. The summed E-state index contributed by atoms with van der Waals surface area (Å²) in [6.07, 6.45) is 1.81. The van der Waals surface area contributed by atoms with Gasteiger partial charge in [-0.2, -0.15) is 0 Å². The van der Waals surface area contributed by atoms with Crippen molar-refractivity contribution in [1.29, 1.82) is 0 Å². The Morgan fingerprint density at radius 3 is 3.05 bits per heavy atom. The van der Waals surface area contributed by atoms with Gasteiger partial charge in [-0.25, -0.2) is 4.98 Å². The summed E-state index contributed by atoms with van der Waals surface area (Å²) in [6.45, 7) is 2.25. The number of hydrogen-bond acceptors (Lipinski definition) is 5. The molecule has 4 nitrogen and oxygen atoms in total. The van der Waals surface area contributed by atoms with Gasteiger partial charge in [0.15, 0.2) is 0 Å². The van der Waals surface area contributed by atoms with Crippen LogP contribution in [0.25, 0.3) is 10.2 Å². The molecule has 2 aromatic rings. The highest BCUT2D eigenvalue weighted by Crippen LogP contribution is 2.31. The summed E-state index contributed by atoms with van der Waals surface area (Å²) >= 11 is 7.67. The molecular weight excluding hydrogens is 296 g/mol. The average Bonchev–Trinajstić information content (AvgIpc) is 2.94. The van der Waals surface area contributed by atoms with Crippen molar-refractivity contribution >= 4 is 38.8 Å². The highest BCUT2D eigenvalue weighted by atomic mass is 35.5. The molecule has 108 valence electrons. The molecule has 3 heterocycles. The highest BCUT2D eigenvalue weighted by molar-refractivity contribution is 7.16. The second-order valence-corrected chi connectivity index (χ2v) is 6.27. The van der Waals surface area contributed by atoms with E-state index < -0.39 is 0 Å². The van der Waals surface area contributed by atoms with Crippen molar-refractivity contribution in [3.05, 3.63) is 22.7 Å². The maximum absolute atomic E-state index is 6.08. The molecule has 0 atom stereocenters. The van der Waals surface area contributed by atoms with Gasteiger partial charge in [-0.05, 0) is 17.5 Å². The summed E-state index contributed by atoms with van der Waals surface area (Å²) in [5.74, 6) is 0. The van der Waals surface area contributed by atoms with Crippen molar-refractivity contribution in [3.63, 3.8) is 0 Å². The van der Waals surface area contributed by atoms with Crippen LogP contribution in [-0.4, -0.2) is 37.5 Å². The summed E-state index contributed by atoms with van der Waals surface area (Å²) in [6, 6.07) is 3.94. The Bertz CT molecular complexity index is 596. The van der Waals surface area contributed by atoms with Gasteiger partial charge in [0.1, 0.15) is 9.98 Å². The van der Waals surface area contributed by atoms with E-state index in [4.69, 9.17) is 21.1 Å². The normalized spacial score (nSPS) is 18.3. The predicted molar refractivity (Wildman–Crippen MR) is 82.9 cm³/mol. The number of nitrogens with zero attached hydrogens (tertiary/aromatic N) is 1. The number of rotatable bonds is 4. The minimum absolute atomic E-state index is 0.156. The third-order valence-corrected chi connectivity index (χ3v) is 4.85. The fraction of sp³-hybridized carbons (Fsp3) is 0.500. The number of halogens is 1. The van der Waals surface area contributed by atoms with Gasteiger partial charge in [-0.15, -0.1) is 11.3 Å². The molecule has 1 fully saturated rings. The molecule has 0 bridgehead atoms. The molecule has 2 aromatic heterocycles. The standard InChI is InChI=1S/C14H17ClN2O2S/c1-18-14(3-5-19-6-4-14)9-16-11-8-12(15)17-13-10(11)2-7-20-13/h2,7-8H,3-6,9H2,1H3,(H,16,17). The van der Waals surface area contributed by atoms with Gasteiger partial charge in [-0.3, -0.25) is 0 Å². The van der Waals surface area contributed by atoms with Crippen molar-refractivity contribution in [1.82, 2.24) is 4.98 Å². The van der Waals surface area contributed by atoms with Crippen molar-refractivity contribution in [2.75, 3.05) is 32.2 Å². The molecule has 0 spiro atoms. The number of nitrogens with one attached hydrogen (secondary N) is 1. The maximum Gasteiger partial charge on any atom is 0.132 e. The number of aromatic nitrogens is 1. The van der Waals surface area contributed by atoms with E-state index in [2.05, 4.69) is 16.4 Å². The molecule has 0 unspecified atom stereocenters. The van der Waals surface area contributed by atoms with Crippen molar-refractivity contribution in [2.24, 2.45) is 0 Å². The number of thiophene rings is 1. The van der Waals surface area contributed by atoms with Gasteiger partial charge in [-0.1, -0.05) is 11.6 Å². The zero-order valence-corrected chi connectivity index (χ0v) is 12.9. The van der Waals surface area contributed by atoms with Crippen LogP contribution in [0.15, 0.2) is 17.5 Å². The lowest BCUT2D eigenvalue weighted by molar-refractivity contribution is -0.0807. The third-order valence-electron chi connectivity index (χ3n) is 3.84. The Balaban J connectivity index is 1.80. The number of methoxy groups -OCH3 is 1. The first-order valence-corrected chi connectivity index (χ1v) is 7.89. The molecule has 0 radical (unpaired) electrons. The number of ether oxygens (including phenoxy) is 2. The van der Waals surface area contributed by atoms with Gasteiger partial charge in [0, 0.05) is 50.8 Å². The summed E-state index contributed by atoms with van der Waals surface area (Å²) in [5, 5.41) is 7.13. The molecule has 0 saturated carbocycles. The molecule has 20 heavy (non-hydrogen) atoms. The van der Waals surface area contributed by atoms with Gasteiger partial charge < -0.3 is 14.8 Å². The van der Waals surface area contributed by atoms with Gasteiger partial charge in [0.05, 0.1) is 5.60 Å². The molecule has 1 saturated heterocycles. The summed E-state index contributed by atoms with van der Waals surface area (Å²) < 4.78 is 11.2. The third kappa shape index (κ3) is 2.76. The lowest BCUT2D eigenvalue weighted by Gasteiger charge is -2.36. The number of hydrogen-bond donors (Lipinski definition) is 1. The molecule has 3 rings (SSSR count). The second kappa shape index (κ2) is 5.85. The Hall–Kier alpha value is -0.880. The van der Waals surface area contributed by atoms with E-state index in [-0.39, 0.29) is 5.60 Å². The first-order valence-electron chi connectivity index (χ1n) is 6.63. The Labute approximate surface area is 127 Å². The number of anilines is 1. The summed E-state index contributed by atoms with van der Waals surface area (Å²) in [7, 11) is 1.77. The van der Waals surface area contributed by atoms with Crippen LogP contribution in [0, 0.1) is 0 Å². The molecule has 1 aliphatic rings. The molecule has 1 aliphatic heterocycles. The molecule has 6 heteroatoms. The smallest absolute Gasteiger partial charge is 0.132 e. The topological polar surface area (TPSA) is 43.4 Å². The predicted octanol–water partition coefficient (Wildman–Crippen LogP) is 3.56. The van der Waals surface area contributed by atoms with Crippen LogP contribution in [-0.2, 0) is 9.47 Å². The zero-order valence-electron chi connectivity index (χ0n) is 11.3. The highest BCUT2D eigenvalue weighted by Gasteiger charge is 2.32. The monoisotopic (exact) mass is 312 g/mol. The number of pyridine rings is 1. The lowest BCUT2D eigenvalue weighted by atomic mass is 9.94. The average molecular weight is 313 g/mol. The minimum Gasteiger partial charge on any atom is -0.381 e. The summed E-state index contributed by atoms with van der Waals surface area (Å²) in [4.78, 5) is 5.28. The van der Waals surface area contributed by atoms with Crippen LogP contribution >= 0.6 is 22.9 Å². The number of fused-ring (bicyclic) bond motifs is 1. The van der Waals surface area contributed by atoms with E-state index in [0.29, 0.717) is 5.15 Å². The van der Waals surface area contributed by atoms with Crippen LogP contribution < -0.4 is 5.32 Å². The van der Waals surface area contributed by atoms with E-state index in [1.54, 1.807) is 18.4 Å². The SMILES string of the molecule is COC1(CNc2cc(Cl)nc3sccc23)CCOCC1. The molecular formula is C14H17ClN2O2S. The van der Waals surface area contributed by atoms with Gasteiger partial charge in [0.2, 0.25) is 0 Å². The minimum atomic E-state index is -0.156. The molecule has 1 N–H and O–H groups in total. The molecule has 0 amide bonds. The quantitative estimate of drug-likeness (QED) is 0.877. The Morgan fingerprint density at radius 1 is 1.50 bits per heavy atom. The molecule has 0 aliphatic carbocycles. The van der Waals surface area contributed by atoms with Crippen LogP contribution in [0.5, 0.6) is 0 Å².